The van der Waals surface area contributed by atoms with Crippen molar-refractivity contribution in [3.63, 3.8) is 0 Å². The fourth-order valence-corrected chi connectivity index (χ4v) is 2.72. The van der Waals surface area contributed by atoms with Crippen LogP contribution < -0.4 is 9.31 Å². The zero-order valence-corrected chi connectivity index (χ0v) is 12.6. The highest BCUT2D eigenvalue weighted by Crippen LogP contribution is 2.28. The molecule has 0 N–H and O–H groups in total. The number of rotatable bonds is 6. The van der Waals surface area contributed by atoms with E-state index in [1.807, 2.05) is 61.0 Å². The van der Waals surface area contributed by atoms with Crippen LogP contribution in [-0.2, 0) is 0 Å². The molecule has 0 heterocycles. The second kappa shape index (κ2) is 7.41. The minimum absolute atomic E-state index is 0.217. The Hall–Kier alpha value is -1.20. The van der Waals surface area contributed by atoms with E-state index in [0.717, 1.165) is 21.3 Å². The molecular formula is C14H15BO2S2. The minimum Gasteiger partial charge on any atom is -0.528 e. The molecule has 2 rings (SSSR count). The maximum atomic E-state index is 5.68. The number of thioether (sulfide) groups is 2. The summed E-state index contributed by atoms with van der Waals surface area (Å²) in [5.41, 5.74) is 0. The Bertz CT molecular complexity index is 487. The van der Waals surface area contributed by atoms with Crippen molar-refractivity contribution in [2.75, 3.05) is 12.5 Å². The molecule has 0 radical (unpaired) electrons. The van der Waals surface area contributed by atoms with Crippen LogP contribution in [0.2, 0.25) is 0 Å². The molecule has 98 valence electrons. The van der Waals surface area contributed by atoms with Gasteiger partial charge in [0.1, 0.15) is 11.5 Å². The molecule has 2 nitrogen and oxygen atoms in total. The molecule has 0 fully saturated rings. The Balaban J connectivity index is 1.96. The van der Waals surface area contributed by atoms with E-state index in [0.29, 0.717) is 0 Å². The first-order valence-electron chi connectivity index (χ1n) is 5.87. The van der Waals surface area contributed by atoms with Crippen molar-refractivity contribution in [3.8, 4) is 11.5 Å². The number of hydrogen-bond donors (Lipinski definition) is 0. The number of hydrogen-bond acceptors (Lipinski definition) is 4. The van der Waals surface area contributed by atoms with Crippen molar-refractivity contribution < 1.29 is 9.31 Å². The van der Waals surface area contributed by atoms with Gasteiger partial charge in [0, 0.05) is 9.79 Å². The van der Waals surface area contributed by atoms with E-state index >= 15 is 0 Å². The summed E-state index contributed by atoms with van der Waals surface area (Å²) < 4.78 is 11.4. The SMILES string of the molecule is CSc1ccccc1OBOc1ccccc1SC. The summed E-state index contributed by atoms with van der Waals surface area (Å²) in [5, 5.41) is 0. The molecule has 2 aromatic rings. The molecule has 0 spiro atoms. The molecular weight excluding hydrogens is 275 g/mol. The fourth-order valence-electron chi connectivity index (χ4n) is 1.63. The van der Waals surface area contributed by atoms with Crippen LogP contribution in [0.3, 0.4) is 0 Å². The van der Waals surface area contributed by atoms with Crippen LogP contribution in [0.1, 0.15) is 0 Å². The fraction of sp³-hybridized carbons (Fsp3) is 0.143. The van der Waals surface area contributed by atoms with E-state index in [2.05, 4.69) is 0 Å². The first-order valence-corrected chi connectivity index (χ1v) is 8.31. The summed E-state index contributed by atoms with van der Waals surface area (Å²) in [4.78, 5) is 2.23. The van der Waals surface area contributed by atoms with E-state index in [1.54, 1.807) is 23.5 Å². The average molecular weight is 290 g/mol. The summed E-state index contributed by atoms with van der Waals surface area (Å²) >= 11 is 3.33. The van der Waals surface area contributed by atoms with Crippen LogP contribution in [0.5, 0.6) is 11.5 Å². The lowest BCUT2D eigenvalue weighted by Gasteiger charge is -2.12. The second-order valence-corrected chi connectivity index (χ2v) is 5.40. The van der Waals surface area contributed by atoms with Crippen LogP contribution in [-0.4, -0.2) is 20.2 Å². The van der Waals surface area contributed by atoms with Gasteiger partial charge in [0.15, 0.2) is 0 Å². The molecule has 0 unspecified atom stereocenters. The molecule has 0 bridgehead atoms. The van der Waals surface area contributed by atoms with Gasteiger partial charge in [-0.3, -0.25) is 0 Å². The van der Waals surface area contributed by atoms with Crippen LogP contribution in [0.15, 0.2) is 58.3 Å². The van der Waals surface area contributed by atoms with Gasteiger partial charge < -0.3 is 9.31 Å². The number of para-hydroxylation sites is 2. The molecule has 0 aliphatic carbocycles. The van der Waals surface area contributed by atoms with E-state index in [4.69, 9.17) is 9.31 Å². The van der Waals surface area contributed by atoms with Crippen molar-refractivity contribution in [1.29, 1.82) is 0 Å². The van der Waals surface area contributed by atoms with Gasteiger partial charge in [-0.05, 0) is 36.8 Å². The molecule has 0 aliphatic rings. The van der Waals surface area contributed by atoms with Crippen LogP contribution >= 0.6 is 23.5 Å². The van der Waals surface area contributed by atoms with Gasteiger partial charge in [-0.15, -0.1) is 23.5 Å². The van der Waals surface area contributed by atoms with Gasteiger partial charge in [-0.2, -0.15) is 0 Å². The highest BCUT2D eigenvalue weighted by atomic mass is 32.2. The second-order valence-electron chi connectivity index (χ2n) is 3.71. The maximum absolute atomic E-state index is 5.68. The Morgan fingerprint density at radius 3 is 1.58 bits per heavy atom. The zero-order chi connectivity index (χ0) is 13.5. The van der Waals surface area contributed by atoms with Crippen LogP contribution in [0, 0.1) is 0 Å². The van der Waals surface area contributed by atoms with Crippen molar-refractivity contribution >= 4 is 31.2 Å². The van der Waals surface area contributed by atoms with Crippen molar-refractivity contribution in [3.05, 3.63) is 48.5 Å². The lowest BCUT2D eigenvalue weighted by molar-refractivity contribution is 0.447. The van der Waals surface area contributed by atoms with Gasteiger partial charge in [0.05, 0.1) is 0 Å². The third-order valence-corrected chi connectivity index (χ3v) is 4.12. The molecule has 0 saturated carbocycles. The summed E-state index contributed by atoms with van der Waals surface area (Å²) in [6.07, 6.45) is 4.07. The number of benzene rings is 2. The summed E-state index contributed by atoms with van der Waals surface area (Å²) in [5.74, 6) is 1.72. The van der Waals surface area contributed by atoms with E-state index in [1.165, 1.54) is 0 Å². The molecule has 19 heavy (non-hydrogen) atoms. The van der Waals surface area contributed by atoms with E-state index in [9.17, 15) is 0 Å². The zero-order valence-electron chi connectivity index (χ0n) is 11.0. The molecule has 0 amide bonds. The Morgan fingerprint density at radius 1 is 0.737 bits per heavy atom. The molecule has 2 aromatic carbocycles. The third-order valence-electron chi connectivity index (χ3n) is 2.57. The Kier molecular flexibility index (Phi) is 5.54. The van der Waals surface area contributed by atoms with Crippen molar-refractivity contribution in [2.24, 2.45) is 0 Å². The summed E-state index contributed by atoms with van der Waals surface area (Å²) in [7, 11) is 0.217. The topological polar surface area (TPSA) is 18.5 Å². The first-order chi connectivity index (χ1) is 9.35. The largest absolute Gasteiger partial charge is 0.576 e. The predicted molar refractivity (Wildman–Crippen MR) is 84.9 cm³/mol. The first kappa shape index (κ1) is 14.2. The molecule has 0 saturated heterocycles. The normalized spacial score (nSPS) is 10.0. The highest BCUT2D eigenvalue weighted by Gasteiger charge is 2.06. The van der Waals surface area contributed by atoms with Crippen LogP contribution in [0.25, 0.3) is 0 Å². The quantitative estimate of drug-likeness (QED) is 0.594. The Morgan fingerprint density at radius 2 is 1.16 bits per heavy atom. The van der Waals surface area contributed by atoms with Gasteiger partial charge in [0.25, 0.3) is 0 Å². The standard InChI is InChI=1S/C14H15BO2S2/c1-18-13-9-5-3-7-11(13)16-15-17-12-8-4-6-10-14(12)19-2/h3-10,15H,1-2H3. The molecule has 0 aliphatic heterocycles. The van der Waals surface area contributed by atoms with Gasteiger partial charge in [-0.25, -0.2) is 0 Å². The highest BCUT2D eigenvalue weighted by molar-refractivity contribution is 7.99. The van der Waals surface area contributed by atoms with E-state index in [-0.39, 0.29) is 7.69 Å². The van der Waals surface area contributed by atoms with Crippen molar-refractivity contribution in [2.45, 2.75) is 9.79 Å². The minimum atomic E-state index is 0.217. The van der Waals surface area contributed by atoms with Gasteiger partial charge >= 0.3 is 7.69 Å². The van der Waals surface area contributed by atoms with Crippen LogP contribution in [0.4, 0.5) is 0 Å². The maximum Gasteiger partial charge on any atom is 0.576 e. The predicted octanol–water partition coefficient (Wildman–Crippen LogP) is 3.85. The molecule has 5 heteroatoms. The molecule has 0 aromatic heterocycles. The smallest absolute Gasteiger partial charge is 0.528 e. The van der Waals surface area contributed by atoms with E-state index < -0.39 is 0 Å². The monoisotopic (exact) mass is 290 g/mol. The third kappa shape index (κ3) is 3.88. The Labute approximate surface area is 123 Å². The van der Waals surface area contributed by atoms with Gasteiger partial charge in [0.2, 0.25) is 0 Å². The summed E-state index contributed by atoms with van der Waals surface area (Å²) in [6, 6.07) is 15.9. The summed E-state index contributed by atoms with van der Waals surface area (Å²) in [6.45, 7) is 0. The lowest BCUT2D eigenvalue weighted by Crippen LogP contribution is -2.11. The average Bonchev–Trinajstić information content (AvgIpc) is 2.48. The lowest BCUT2D eigenvalue weighted by atomic mass is 10.3. The van der Waals surface area contributed by atoms with Gasteiger partial charge in [-0.1, -0.05) is 24.3 Å². The van der Waals surface area contributed by atoms with Crippen molar-refractivity contribution in [1.82, 2.24) is 0 Å². The molecule has 0 atom stereocenters.